The Kier molecular flexibility index (Phi) is 4.65. The molecule has 1 N–H and O–H groups in total. The van der Waals surface area contributed by atoms with Crippen molar-refractivity contribution in [2.45, 2.75) is 20.4 Å². The average Bonchev–Trinajstić information content (AvgIpc) is 2.94. The molecule has 1 aromatic carbocycles. The Morgan fingerprint density at radius 1 is 1.25 bits per heavy atom. The summed E-state index contributed by atoms with van der Waals surface area (Å²) in [5, 5.41) is 13.4. The number of nitrogens with one attached hydrogen (secondary N) is 1. The van der Waals surface area contributed by atoms with Crippen LogP contribution in [-0.4, -0.2) is 39.2 Å². The molecule has 7 nitrogen and oxygen atoms in total. The maximum atomic E-state index is 11.8. The molecule has 0 unspecified atom stereocenters. The second kappa shape index (κ2) is 6.65. The Morgan fingerprint density at radius 3 is 2.50 bits per heavy atom. The van der Waals surface area contributed by atoms with E-state index in [0.717, 1.165) is 24.5 Å². The molecule has 2 rings (SSSR count). The highest BCUT2D eigenvalue weighted by atomic mass is 16.2. The van der Waals surface area contributed by atoms with Crippen LogP contribution in [0.5, 0.6) is 0 Å². The van der Waals surface area contributed by atoms with Crippen molar-refractivity contribution in [1.29, 1.82) is 0 Å². The van der Waals surface area contributed by atoms with Crippen LogP contribution in [0.1, 0.15) is 13.8 Å². The molecule has 0 spiro atoms. The first-order valence-corrected chi connectivity index (χ1v) is 6.58. The second-order valence-electron chi connectivity index (χ2n) is 4.27. The van der Waals surface area contributed by atoms with E-state index < -0.39 is 0 Å². The van der Waals surface area contributed by atoms with E-state index in [4.69, 9.17) is 0 Å². The van der Waals surface area contributed by atoms with E-state index in [1.807, 2.05) is 24.3 Å². The molecule has 0 aliphatic heterocycles. The highest BCUT2D eigenvalue weighted by molar-refractivity contribution is 5.90. The molecule has 1 amide bonds. The van der Waals surface area contributed by atoms with Gasteiger partial charge in [0.05, 0.1) is 0 Å². The van der Waals surface area contributed by atoms with Crippen LogP contribution in [0.25, 0.3) is 0 Å². The number of carbonyl (C=O) groups excluding carboxylic acids is 1. The van der Waals surface area contributed by atoms with Gasteiger partial charge in [0, 0.05) is 24.5 Å². The zero-order valence-corrected chi connectivity index (χ0v) is 11.7. The van der Waals surface area contributed by atoms with Crippen LogP contribution in [0.2, 0.25) is 0 Å². The van der Waals surface area contributed by atoms with Gasteiger partial charge in [-0.2, -0.15) is 0 Å². The van der Waals surface area contributed by atoms with Crippen molar-refractivity contribution in [1.82, 2.24) is 20.2 Å². The van der Waals surface area contributed by atoms with Crippen molar-refractivity contribution < 1.29 is 4.79 Å². The molecule has 7 heteroatoms. The van der Waals surface area contributed by atoms with E-state index in [1.165, 1.54) is 11.0 Å². The van der Waals surface area contributed by atoms with E-state index >= 15 is 0 Å². The summed E-state index contributed by atoms with van der Waals surface area (Å²) < 4.78 is 1.37. The average molecular weight is 274 g/mol. The van der Waals surface area contributed by atoms with Gasteiger partial charge in [-0.3, -0.25) is 4.79 Å². The highest BCUT2D eigenvalue weighted by Gasteiger charge is 2.06. The van der Waals surface area contributed by atoms with E-state index in [9.17, 15) is 4.79 Å². The molecule has 1 aromatic heterocycles. The summed E-state index contributed by atoms with van der Waals surface area (Å²) in [6, 6.07) is 7.79. The van der Waals surface area contributed by atoms with Crippen molar-refractivity contribution >= 4 is 17.3 Å². The van der Waals surface area contributed by atoms with Crippen LogP contribution < -0.4 is 10.2 Å². The van der Waals surface area contributed by atoms with Gasteiger partial charge in [0.25, 0.3) is 0 Å². The van der Waals surface area contributed by atoms with Crippen LogP contribution in [-0.2, 0) is 11.3 Å². The normalized spacial score (nSPS) is 10.3. The van der Waals surface area contributed by atoms with E-state index in [-0.39, 0.29) is 12.5 Å². The Balaban J connectivity index is 1.95. The third kappa shape index (κ3) is 3.53. The Labute approximate surface area is 117 Å². The van der Waals surface area contributed by atoms with Crippen molar-refractivity contribution in [2.24, 2.45) is 0 Å². The highest BCUT2D eigenvalue weighted by Crippen LogP contribution is 2.17. The number of nitrogens with zero attached hydrogens (tertiary/aromatic N) is 5. The lowest BCUT2D eigenvalue weighted by Crippen LogP contribution is -2.22. The van der Waals surface area contributed by atoms with Crippen molar-refractivity contribution in [2.75, 3.05) is 23.3 Å². The molecule has 0 aliphatic carbocycles. The summed E-state index contributed by atoms with van der Waals surface area (Å²) >= 11 is 0. The topological polar surface area (TPSA) is 75.9 Å². The maximum absolute atomic E-state index is 11.8. The monoisotopic (exact) mass is 274 g/mol. The predicted molar refractivity (Wildman–Crippen MR) is 76.4 cm³/mol. The molecule has 0 fully saturated rings. The van der Waals surface area contributed by atoms with Gasteiger partial charge in [-0.1, -0.05) is 0 Å². The number of hydrogen-bond acceptors (Lipinski definition) is 5. The molecular weight excluding hydrogens is 256 g/mol. The number of hydrogen-bond donors (Lipinski definition) is 1. The zero-order valence-electron chi connectivity index (χ0n) is 11.7. The van der Waals surface area contributed by atoms with E-state index in [2.05, 4.69) is 39.6 Å². The predicted octanol–water partition coefficient (Wildman–Crippen LogP) is 1.16. The lowest BCUT2D eigenvalue weighted by molar-refractivity contribution is -0.116. The molecule has 1 heterocycles. The number of benzene rings is 1. The second-order valence-corrected chi connectivity index (χ2v) is 4.27. The van der Waals surface area contributed by atoms with Crippen LogP contribution in [0, 0.1) is 0 Å². The van der Waals surface area contributed by atoms with Crippen LogP contribution in [0.4, 0.5) is 11.4 Å². The molecule has 0 radical (unpaired) electrons. The number of rotatable bonds is 6. The molecular formula is C13H18N6O. The summed E-state index contributed by atoms with van der Waals surface area (Å²) in [7, 11) is 0. The number of tetrazole rings is 1. The summed E-state index contributed by atoms with van der Waals surface area (Å²) in [6.45, 7) is 6.25. The number of anilines is 2. The quantitative estimate of drug-likeness (QED) is 0.855. The summed E-state index contributed by atoms with van der Waals surface area (Å²) in [4.78, 5) is 14.0. The van der Waals surface area contributed by atoms with E-state index in [1.54, 1.807) is 0 Å². The molecule has 20 heavy (non-hydrogen) atoms. The standard InChI is InChI=1S/C13H18N6O/c1-3-18(4-2)12-7-5-11(6-8-12)15-13(20)9-19-10-14-16-17-19/h5-8,10H,3-4,9H2,1-2H3,(H,15,20). The number of aromatic nitrogens is 4. The summed E-state index contributed by atoms with van der Waals surface area (Å²) in [5.74, 6) is -0.159. The fourth-order valence-electron chi connectivity index (χ4n) is 1.94. The van der Waals surface area contributed by atoms with Crippen LogP contribution >= 0.6 is 0 Å². The van der Waals surface area contributed by atoms with Crippen LogP contribution in [0.3, 0.4) is 0 Å². The van der Waals surface area contributed by atoms with Gasteiger partial charge in [0.2, 0.25) is 5.91 Å². The molecule has 0 saturated heterocycles. The van der Waals surface area contributed by atoms with Gasteiger partial charge in [0.1, 0.15) is 12.9 Å². The lowest BCUT2D eigenvalue weighted by atomic mass is 10.2. The molecule has 0 bridgehead atoms. The van der Waals surface area contributed by atoms with Gasteiger partial charge < -0.3 is 10.2 Å². The third-order valence-corrected chi connectivity index (χ3v) is 2.98. The molecule has 2 aromatic rings. The number of amides is 1. The first-order valence-electron chi connectivity index (χ1n) is 6.58. The molecule has 0 atom stereocenters. The maximum Gasteiger partial charge on any atom is 0.246 e. The lowest BCUT2D eigenvalue weighted by Gasteiger charge is -2.21. The molecule has 0 aliphatic rings. The Bertz CT molecular complexity index is 532. The van der Waals surface area contributed by atoms with E-state index in [0.29, 0.717) is 0 Å². The summed E-state index contributed by atoms with van der Waals surface area (Å²) in [6.07, 6.45) is 1.41. The molecule has 0 saturated carbocycles. The number of carbonyl (C=O) groups is 1. The molecule has 106 valence electrons. The minimum absolute atomic E-state index is 0.102. The van der Waals surface area contributed by atoms with Gasteiger partial charge in [-0.25, -0.2) is 4.68 Å². The van der Waals surface area contributed by atoms with Crippen LogP contribution in [0.15, 0.2) is 30.6 Å². The SMILES string of the molecule is CCN(CC)c1ccc(NC(=O)Cn2cnnn2)cc1. The fraction of sp³-hybridized carbons (Fsp3) is 0.385. The minimum atomic E-state index is -0.159. The van der Waals surface area contributed by atoms with Gasteiger partial charge in [0.15, 0.2) is 0 Å². The smallest absolute Gasteiger partial charge is 0.246 e. The van der Waals surface area contributed by atoms with Crippen molar-refractivity contribution in [3.63, 3.8) is 0 Å². The Morgan fingerprint density at radius 2 is 1.95 bits per heavy atom. The summed E-state index contributed by atoms with van der Waals surface area (Å²) in [5.41, 5.74) is 1.91. The minimum Gasteiger partial charge on any atom is -0.372 e. The van der Waals surface area contributed by atoms with Crippen molar-refractivity contribution in [3.8, 4) is 0 Å². The Hall–Kier alpha value is -2.44. The fourth-order valence-corrected chi connectivity index (χ4v) is 1.94. The zero-order chi connectivity index (χ0) is 14.4. The van der Waals surface area contributed by atoms with Gasteiger partial charge >= 0.3 is 0 Å². The first kappa shape index (κ1) is 14.0. The first-order chi connectivity index (χ1) is 9.72. The largest absolute Gasteiger partial charge is 0.372 e. The van der Waals surface area contributed by atoms with Gasteiger partial charge in [-0.05, 0) is 48.5 Å². The third-order valence-electron chi connectivity index (χ3n) is 2.98. The van der Waals surface area contributed by atoms with Gasteiger partial charge in [-0.15, -0.1) is 5.10 Å². The van der Waals surface area contributed by atoms with Crippen molar-refractivity contribution in [3.05, 3.63) is 30.6 Å².